The van der Waals surface area contributed by atoms with E-state index in [9.17, 15) is 18.9 Å². The SMILES string of the molecule is NCCCCCCOP(=O)([O-])OCO.NCCCCCCOP(=O)([O-])OCO. The molecule has 0 aliphatic carbocycles. The largest absolute Gasteiger partial charge is 0.756 e. The molecule has 2 unspecified atom stereocenters. The fourth-order valence-corrected chi connectivity index (χ4v) is 2.91. The molecule has 0 saturated heterocycles. The van der Waals surface area contributed by atoms with Gasteiger partial charge in [0.15, 0.2) is 13.6 Å². The summed E-state index contributed by atoms with van der Waals surface area (Å²) in [6, 6.07) is 0. The summed E-state index contributed by atoms with van der Waals surface area (Å²) in [4.78, 5) is 21.4. The third-order valence-electron chi connectivity index (χ3n) is 3.13. The minimum atomic E-state index is -4.27. The average Bonchev–Trinajstić information content (AvgIpc) is 2.61. The molecule has 0 rings (SSSR count). The van der Waals surface area contributed by atoms with E-state index < -0.39 is 29.2 Å². The highest BCUT2D eigenvalue weighted by Gasteiger charge is 2.08. The van der Waals surface area contributed by atoms with Crippen molar-refractivity contribution in [3.63, 3.8) is 0 Å². The van der Waals surface area contributed by atoms with Gasteiger partial charge in [-0.3, -0.25) is 18.2 Å². The van der Waals surface area contributed by atoms with Gasteiger partial charge in [0, 0.05) is 0 Å². The van der Waals surface area contributed by atoms with Gasteiger partial charge in [-0.05, 0) is 38.8 Å². The summed E-state index contributed by atoms with van der Waals surface area (Å²) >= 11 is 0. The van der Waals surface area contributed by atoms with Crippen LogP contribution in [-0.2, 0) is 27.2 Å². The third kappa shape index (κ3) is 24.1. The Morgan fingerprint density at radius 1 is 0.607 bits per heavy atom. The lowest BCUT2D eigenvalue weighted by Gasteiger charge is -2.20. The topological polar surface area (TPSA) is 210 Å². The third-order valence-corrected chi connectivity index (χ3v) is 4.99. The molecule has 0 saturated carbocycles. The van der Waals surface area contributed by atoms with Crippen LogP contribution in [0, 0.1) is 0 Å². The number of unbranched alkanes of at least 4 members (excludes halogenated alkanes) is 6. The quantitative estimate of drug-likeness (QED) is 0.122. The predicted molar refractivity (Wildman–Crippen MR) is 98.5 cm³/mol. The Bertz CT molecular complexity index is 393. The monoisotopic (exact) mass is 452 g/mol. The molecule has 6 N–H and O–H groups in total. The Labute approximate surface area is 166 Å². The van der Waals surface area contributed by atoms with Crippen molar-refractivity contribution in [2.45, 2.75) is 51.4 Å². The second-order valence-electron chi connectivity index (χ2n) is 5.48. The smallest absolute Gasteiger partial charge is 0.269 e. The van der Waals surface area contributed by atoms with Crippen molar-refractivity contribution < 1.29 is 47.2 Å². The van der Waals surface area contributed by atoms with Gasteiger partial charge in [-0.1, -0.05) is 25.7 Å². The molecule has 28 heavy (non-hydrogen) atoms. The van der Waals surface area contributed by atoms with E-state index in [2.05, 4.69) is 18.1 Å². The van der Waals surface area contributed by atoms with Crippen LogP contribution in [0.1, 0.15) is 51.4 Å². The fourth-order valence-electron chi connectivity index (χ4n) is 1.77. The highest BCUT2D eigenvalue weighted by Crippen LogP contribution is 2.38. The summed E-state index contributed by atoms with van der Waals surface area (Å²) in [5.41, 5.74) is 10.6. The van der Waals surface area contributed by atoms with E-state index in [4.69, 9.17) is 21.7 Å². The second-order valence-corrected chi connectivity index (χ2v) is 8.30. The van der Waals surface area contributed by atoms with E-state index >= 15 is 0 Å². The van der Waals surface area contributed by atoms with Crippen LogP contribution in [0.2, 0.25) is 0 Å². The Hall–Kier alpha value is 0.0600. The number of phosphoric ester groups is 2. The lowest BCUT2D eigenvalue weighted by Crippen LogP contribution is -2.09. The van der Waals surface area contributed by atoms with Crippen molar-refractivity contribution in [1.82, 2.24) is 0 Å². The minimum absolute atomic E-state index is 0.0886. The zero-order valence-electron chi connectivity index (χ0n) is 16.1. The lowest BCUT2D eigenvalue weighted by molar-refractivity contribution is -0.232. The van der Waals surface area contributed by atoms with Crippen molar-refractivity contribution in [1.29, 1.82) is 0 Å². The molecule has 12 nitrogen and oxygen atoms in total. The van der Waals surface area contributed by atoms with Crippen LogP contribution in [0.3, 0.4) is 0 Å². The van der Waals surface area contributed by atoms with E-state index in [1.807, 2.05) is 0 Å². The number of hydrogen-bond donors (Lipinski definition) is 4. The number of aliphatic hydroxyl groups is 2. The molecule has 0 spiro atoms. The van der Waals surface area contributed by atoms with Crippen LogP contribution in [0.4, 0.5) is 0 Å². The standard InChI is InChI=1S/2C7H18NO5P/c2*8-5-3-1-2-4-6-12-14(10,11)13-7-9/h2*9H,1-8H2,(H,10,11)/p-2. The molecule has 0 aliphatic rings. The fraction of sp³-hybridized carbons (Fsp3) is 1.00. The van der Waals surface area contributed by atoms with E-state index in [0.717, 1.165) is 38.5 Å². The summed E-state index contributed by atoms with van der Waals surface area (Å²) in [6.45, 7) is -0.290. The molecule has 0 heterocycles. The van der Waals surface area contributed by atoms with Crippen molar-refractivity contribution in [3.8, 4) is 0 Å². The Morgan fingerprint density at radius 3 is 1.21 bits per heavy atom. The van der Waals surface area contributed by atoms with Gasteiger partial charge in [-0.25, -0.2) is 0 Å². The maximum Gasteiger partial charge on any atom is 0.269 e. The molecular formula is C14H34N2O10P2-2. The highest BCUT2D eigenvalue weighted by molar-refractivity contribution is 7.46. The number of rotatable bonds is 18. The maximum absolute atomic E-state index is 10.7. The van der Waals surface area contributed by atoms with Gasteiger partial charge in [-0.15, -0.1) is 0 Å². The van der Waals surface area contributed by atoms with Crippen LogP contribution in [0.15, 0.2) is 0 Å². The van der Waals surface area contributed by atoms with Gasteiger partial charge in [0.1, 0.15) is 0 Å². The second kappa shape index (κ2) is 20.3. The van der Waals surface area contributed by atoms with Gasteiger partial charge in [0.2, 0.25) is 0 Å². The Kier molecular flexibility index (Phi) is 22.0. The first-order chi connectivity index (χ1) is 13.2. The van der Waals surface area contributed by atoms with Gasteiger partial charge in [-0.2, -0.15) is 0 Å². The molecule has 0 fully saturated rings. The van der Waals surface area contributed by atoms with Crippen LogP contribution < -0.4 is 21.3 Å². The van der Waals surface area contributed by atoms with Crippen LogP contribution in [0.25, 0.3) is 0 Å². The molecule has 14 heteroatoms. The van der Waals surface area contributed by atoms with Crippen LogP contribution in [-0.4, -0.2) is 50.1 Å². The van der Waals surface area contributed by atoms with Crippen LogP contribution in [0.5, 0.6) is 0 Å². The first-order valence-corrected chi connectivity index (χ1v) is 12.0. The van der Waals surface area contributed by atoms with Gasteiger partial charge < -0.3 is 40.5 Å². The lowest BCUT2D eigenvalue weighted by atomic mass is 10.2. The van der Waals surface area contributed by atoms with Crippen molar-refractivity contribution in [2.75, 3.05) is 39.9 Å². The van der Waals surface area contributed by atoms with E-state index in [-0.39, 0.29) is 13.2 Å². The van der Waals surface area contributed by atoms with Crippen molar-refractivity contribution in [2.24, 2.45) is 11.5 Å². The minimum Gasteiger partial charge on any atom is -0.756 e. The van der Waals surface area contributed by atoms with E-state index in [0.29, 0.717) is 25.9 Å². The van der Waals surface area contributed by atoms with Gasteiger partial charge in [0.05, 0.1) is 13.2 Å². The molecule has 0 radical (unpaired) electrons. The predicted octanol–water partition coefficient (Wildman–Crippen LogP) is -0.0862. The van der Waals surface area contributed by atoms with Gasteiger partial charge in [0.25, 0.3) is 15.6 Å². The zero-order valence-corrected chi connectivity index (χ0v) is 17.9. The molecule has 0 aromatic heterocycles. The Balaban J connectivity index is 0. The molecule has 172 valence electrons. The highest BCUT2D eigenvalue weighted by atomic mass is 31.2. The van der Waals surface area contributed by atoms with Gasteiger partial charge >= 0.3 is 0 Å². The number of nitrogens with two attached hydrogens (primary N) is 2. The van der Waals surface area contributed by atoms with E-state index in [1.165, 1.54) is 0 Å². The summed E-state index contributed by atoms with van der Waals surface area (Å²) in [5.74, 6) is 0. The molecule has 0 aliphatic heterocycles. The molecule has 2 atom stereocenters. The number of phosphoric acid groups is 2. The van der Waals surface area contributed by atoms with E-state index in [1.54, 1.807) is 0 Å². The number of hydrogen-bond acceptors (Lipinski definition) is 12. The Morgan fingerprint density at radius 2 is 0.929 bits per heavy atom. The first kappa shape index (κ1) is 30.3. The summed E-state index contributed by atoms with van der Waals surface area (Å²) in [6.07, 6.45) is 6.81. The molecule has 0 amide bonds. The molecule has 0 bridgehead atoms. The van der Waals surface area contributed by atoms with Crippen molar-refractivity contribution in [3.05, 3.63) is 0 Å². The van der Waals surface area contributed by atoms with Crippen LogP contribution >= 0.6 is 15.6 Å². The molecule has 0 aromatic carbocycles. The zero-order chi connectivity index (χ0) is 21.7. The molecular weight excluding hydrogens is 418 g/mol. The molecule has 0 aromatic rings. The number of aliphatic hydroxyl groups excluding tert-OH is 2. The normalized spacial score (nSPS) is 15.4. The first-order valence-electron chi connectivity index (χ1n) is 9.06. The maximum atomic E-state index is 10.7. The average molecular weight is 452 g/mol. The summed E-state index contributed by atoms with van der Waals surface area (Å²) in [5, 5.41) is 16.4. The summed E-state index contributed by atoms with van der Waals surface area (Å²) in [7, 11) is -8.55. The summed E-state index contributed by atoms with van der Waals surface area (Å²) < 4.78 is 38.3. The van der Waals surface area contributed by atoms with Crippen molar-refractivity contribution >= 4 is 15.6 Å².